The van der Waals surface area contributed by atoms with Crippen LogP contribution in [0.2, 0.25) is 5.02 Å². The fourth-order valence-corrected chi connectivity index (χ4v) is 4.27. The summed E-state index contributed by atoms with van der Waals surface area (Å²) in [6.45, 7) is 4.62. The van der Waals surface area contributed by atoms with Crippen molar-refractivity contribution in [2.45, 2.75) is 19.4 Å². The fraction of sp³-hybridized carbons (Fsp3) is 0.348. The Balaban J connectivity index is 1.23. The van der Waals surface area contributed by atoms with Crippen molar-refractivity contribution >= 4 is 17.4 Å². The van der Waals surface area contributed by atoms with Gasteiger partial charge in [0.2, 0.25) is 0 Å². The van der Waals surface area contributed by atoms with Crippen LogP contribution in [-0.2, 0) is 6.61 Å². The number of hydrogen-bond acceptors (Lipinski definition) is 6. The van der Waals surface area contributed by atoms with Gasteiger partial charge in [0, 0.05) is 44.6 Å². The zero-order valence-electron chi connectivity index (χ0n) is 17.1. The van der Waals surface area contributed by atoms with Crippen molar-refractivity contribution in [3.63, 3.8) is 0 Å². The Morgan fingerprint density at radius 1 is 1.06 bits per heavy atom. The molecule has 0 atom stereocenters. The molecule has 0 radical (unpaired) electrons. The van der Waals surface area contributed by atoms with E-state index in [9.17, 15) is 4.79 Å². The molecular formula is C23H24ClN5O2. The first-order valence-corrected chi connectivity index (χ1v) is 10.9. The van der Waals surface area contributed by atoms with Gasteiger partial charge in [-0.05, 0) is 48.6 Å². The van der Waals surface area contributed by atoms with Crippen LogP contribution in [0.15, 0.2) is 59.8 Å². The molecule has 8 heteroatoms. The van der Waals surface area contributed by atoms with E-state index in [1.54, 1.807) is 41.4 Å². The number of nitrogens with zero attached hydrogens (tertiary/aromatic N) is 4. The second kappa shape index (κ2) is 8.32. The lowest BCUT2D eigenvalue weighted by atomic mass is 9.73. The molecule has 7 nitrogen and oxygen atoms in total. The second-order valence-electron chi connectivity index (χ2n) is 8.29. The number of anilines is 1. The van der Waals surface area contributed by atoms with Gasteiger partial charge in [0.05, 0.1) is 22.6 Å². The zero-order valence-corrected chi connectivity index (χ0v) is 17.9. The van der Waals surface area contributed by atoms with Crippen LogP contribution in [0.3, 0.4) is 0 Å². The van der Waals surface area contributed by atoms with Gasteiger partial charge in [-0.25, -0.2) is 4.98 Å². The first-order chi connectivity index (χ1) is 15.1. The van der Waals surface area contributed by atoms with Crippen LogP contribution >= 0.6 is 11.6 Å². The number of halogens is 1. The minimum absolute atomic E-state index is 0.173. The number of piperidine rings is 1. The molecular weight excluding hydrogens is 414 g/mol. The van der Waals surface area contributed by atoms with E-state index in [1.165, 1.54) is 18.9 Å². The van der Waals surface area contributed by atoms with Gasteiger partial charge in [0.25, 0.3) is 5.56 Å². The molecule has 3 aromatic rings. The van der Waals surface area contributed by atoms with E-state index in [2.05, 4.69) is 20.2 Å². The molecule has 0 amide bonds. The van der Waals surface area contributed by atoms with Crippen molar-refractivity contribution in [2.24, 2.45) is 5.41 Å². The molecule has 2 aliphatic heterocycles. The Kier molecular flexibility index (Phi) is 5.38. The highest BCUT2D eigenvalue weighted by Crippen LogP contribution is 2.36. The van der Waals surface area contributed by atoms with Crippen molar-refractivity contribution in [3.05, 3.63) is 76.1 Å². The third-order valence-electron chi connectivity index (χ3n) is 6.22. The van der Waals surface area contributed by atoms with Crippen LogP contribution in [0.25, 0.3) is 5.69 Å². The van der Waals surface area contributed by atoms with Gasteiger partial charge in [-0.15, -0.1) is 0 Å². The SMILES string of the molecule is O=c1cc(OCc2ccc(Cl)cn2)ccn1-c1ccc(N2CCC3(CC2)CNC3)nc1. The highest BCUT2D eigenvalue weighted by atomic mass is 35.5. The molecule has 160 valence electrons. The molecule has 3 aromatic heterocycles. The maximum Gasteiger partial charge on any atom is 0.258 e. The molecule has 0 saturated carbocycles. The Bertz CT molecular complexity index is 1100. The quantitative estimate of drug-likeness (QED) is 0.661. The van der Waals surface area contributed by atoms with Crippen molar-refractivity contribution in [1.29, 1.82) is 0 Å². The van der Waals surface area contributed by atoms with E-state index in [-0.39, 0.29) is 12.2 Å². The number of rotatable bonds is 5. The van der Waals surface area contributed by atoms with Gasteiger partial charge in [0.15, 0.2) is 0 Å². The third kappa shape index (κ3) is 4.29. The summed E-state index contributed by atoms with van der Waals surface area (Å²) in [7, 11) is 0. The Morgan fingerprint density at radius 3 is 2.52 bits per heavy atom. The summed E-state index contributed by atoms with van der Waals surface area (Å²) in [5, 5.41) is 3.97. The Labute approximate surface area is 185 Å². The highest BCUT2D eigenvalue weighted by molar-refractivity contribution is 6.30. The van der Waals surface area contributed by atoms with E-state index >= 15 is 0 Å². The number of pyridine rings is 3. The summed E-state index contributed by atoms with van der Waals surface area (Å²) in [6, 6.07) is 10.7. The van der Waals surface area contributed by atoms with Crippen molar-refractivity contribution in [3.8, 4) is 11.4 Å². The summed E-state index contributed by atoms with van der Waals surface area (Å²) in [5.41, 5.74) is 1.81. The lowest BCUT2D eigenvalue weighted by molar-refractivity contribution is 0.126. The first-order valence-electron chi connectivity index (χ1n) is 10.5. The van der Waals surface area contributed by atoms with Gasteiger partial charge in [0.1, 0.15) is 18.2 Å². The molecule has 0 unspecified atom stereocenters. The molecule has 0 aromatic carbocycles. The Hall–Kier alpha value is -2.90. The summed E-state index contributed by atoms with van der Waals surface area (Å²) in [5.74, 6) is 1.46. The maximum atomic E-state index is 12.6. The van der Waals surface area contributed by atoms with E-state index < -0.39 is 0 Å². The summed E-state index contributed by atoms with van der Waals surface area (Å²) in [4.78, 5) is 23.7. The smallest absolute Gasteiger partial charge is 0.258 e. The number of hydrogen-bond donors (Lipinski definition) is 1. The van der Waals surface area contributed by atoms with Crippen molar-refractivity contribution in [1.82, 2.24) is 19.9 Å². The second-order valence-corrected chi connectivity index (χ2v) is 8.73. The average molecular weight is 438 g/mol. The maximum absolute atomic E-state index is 12.6. The van der Waals surface area contributed by atoms with Crippen LogP contribution < -0.4 is 20.5 Å². The summed E-state index contributed by atoms with van der Waals surface area (Å²) < 4.78 is 7.25. The normalized spacial score (nSPS) is 17.4. The zero-order chi connectivity index (χ0) is 21.3. The lowest BCUT2D eigenvalue weighted by Gasteiger charge is -2.48. The molecule has 2 aliphatic rings. The van der Waals surface area contributed by atoms with E-state index in [0.717, 1.165) is 43.4 Å². The molecule has 1 N–H and O–H groups in total. The molecule has 5 rings (SSSR count). The summed E-state index contributed by atoms with van der Waals surface area (Å²) in [6.07, 6.45) is 7.44. The first kappa shape index (κ1) is 20.0. The highest BCUT2D eigenvalue weighted by Gasteiger charge is 2.39. The molecule has 2 fully saturated rings. The average Bonchev–Trinajstić information content (AvgIpc) is 2.78. The van der Waals surface area contributed by atoms with E-state index in [4.69, 9.17) is 16.3 Å². The van der Waals surface area contributed by atoms with Crippen LogP contribution in [-0.4, -0.2) is 40.7 Å². The molecule has 31 heavy (non-hydrogen) atoms. The third-order valence-corrected chi connectivity index (χ3v) is 6.45. The van der Waals surface area contributed by atoms with E-state index in [0.29, 0.717) is 16.2 Å². The number of nitrogens with one attached hydrogen (secondary N) is 1. The Morgan fingerprint density at radius 2 is 1.90 bits per heavy atom. The van der Waals surface area contributed by atoms with Crippen LogP contribution in [0.5, 0.6) is 5.75 Å². The number of aromatic nitrogens is 3. The lowest BCUT2D eigenvalue weighted by Crippen LogP contribution is -2.58. The predicted octanol–water partition coefficient (Wildman–Crippen LogP) is 3.05. The van der Waals surface area contributed by atoms with Crippen LogP contribution in [0, 0.1) is 5.41 Å². The van der Waals surface area contributed by atoms with Crippen molar-refractivity contribution in [2.75, 3.05) is 31.1 Å². The van der Waals surface area contributed by atoms with E-state index in [1.807, 2.05) is 12.1 Å². The largest absolute Gasteiger partial charge is 0.487 e. The van der Waals surface area contributed by atoms with Gasteiger partial charge in [-0.2, -0.15) is 0 Å². The molecule has 5 heterocycles. The van der Waals surface area contributed by atoms with Gasteiger partial charge in [-0.1, -0.05) is 11.6 Å². The molecule has 0 bridgehead atoms. The van der Waals surface area contributed by atoms with Gasteiger partial charge in [-0.3, -0.25) is 14.3 Å². The molecule has 0 aliphatic carbocycles. The van der Waals surface area contributed by atoms with Crippen LogP contribution in [0.4, 0.5) is 5.82 Å². The topological polar surface area (TPSA) is 72.3 Å². The van der Waals surface area contributed by atoms with Crippen molar-refractivity contribution < 1.29 is 4.74 Å². The number of ether oxygens (including phenoxy) is 1. The monoisotopic (exact) mass is 437 g/mol. The fourth-order valence-electron chi connectivity index (χ4n) is 4.16. The minimum Gasteiger partial charge on any atom is -0.487 e. The minimum atomic E-state index is -0.173. The molecule has 2 saturated heterocycles. The summed E-state index contributed by atoms with van der Waals surface area (Å²) >= 11 is 5.84. The van der Waals surface area contributed by atoms with Gasteiger partial charge >= 0.3 is 0 Å². The predicted molar refractivity (Wildman–Crippen MR) is 120 cm³/mol. The standard InChI is InChI=1S/C23H24ClN5O2/c24-17-1-2-18(26-12-17)14-31-20-5-8-29(22(30)11-20)19-3-4-21(27-13-19)28-9-6-23(7-10-28)15-25-16-23/h1-5,8,11-13,25H,6-7,9-10,14-16H2. The van der Waals surface area contributed by atoms with Crippen LogP contribution in [0.1, 0.15) is 18.5 Å². The van der Waals surface area contributed by atoms with Gasteiger partial charge < -0.3 is 15.0 Å². The molecule has 1 spiro atoms.